The average molecular weight is 375 g/mol. The van der Waals surface area contributed by atoms with Gasteiger partial charge < -0.3 is 19.8 Å². The standard InChI is InChI=1S/C17H21N5O5/c1-11(17(25)26)22(10-9-18-12(2)23)15(24)7-6-14-20-16(21-27-14)13-5-3-4-8-19-13/h3-5,8,11H,6-7,9-10H2,1-2H3,(H,18,23)(H,25,26). The molecule has 2 heterocycles. The molecule has 0 spiro atoms. The van der Waals surface area contributed by atoms with Gasteiger partial charge in [-0.1, -0.05) is 11.2 Å². The van der Waals surface area contributed by atoms with Crippen molar-refractivity contribution in [3.05, 3.63) is 30.3 Å². The molecule has 2 amide bonds. The molecular formula is C17H21N5O5. The van der Waals surface area contributed by atoms with Crippen LogP contribution in [0.4, 0.5) is 0 Å². The van der Waals surface area contributed by atoms with E-state index < -0.39 is 12.0 Å². The van der Waals surface area contributed by atoms with Crippen LogP contribution in [-0.2, 0) is 20.8 Å². The van der Waals surface area contributed by atoms with Crippen molar-refractivity contribution >= 4 is 17.8 Å². The first-order valence-electron chi connectivity index (χ1n) is 8.39. The number of carboxylic acids is 1. The van der Waals surface area contributed by atoms with Gasteiger partial charge in [0.15, 0.2) is 0 Å². The highest BCUT2D eigenvalue weighted by atomic mass is 16.5. The summed E-state index contributed by atoms with van der Waals surface area (Å²) in [5.41, 5.74) is 0.551. The van der Waals surface area contributed by atoms with Crippen LogP contribution in [0.1, 0.15) is 26.2 Å². The van der Waals surface area contributed by atoms with Crippen LogP contribution in [0.3, 0.4) is 0 Å². The minimum Gasteiger partial charge on any atom is -0.480 e. The predicted octanol–water partition coefficient (Wildman–Crippen LogP) is 0.502. The lowest BCUT2D eigenvalue weighted by Gasteiger charge is -2.26. The van der Waals surface area contributed by atoms with Gasteiger partial charge in [-0.3, -0.25) is 14.6 Å². The fraction of sp³-hybridized carbons (Fsp3) is 0.412. The Labute approximate surface area is 155 Å². The highest BCUT2D eigenvalue weighted by Gasteiger charge is 2.25. The van der Waals surface area contributed by atoms with Gasteiger partial charge in [0.25, 0.3) is 0 Å². The third-order valence-corrected chi connectivity index (χ3v) is 3.79. The summed E-state index contributed by atoms with van der Waals surface area (Å²) in [6.45, 7) is 3.03. The molecule has 0 aliphatic carbocycles. The zero-order chi connectivity index (χ0) is 19.8. The first-order chi connectivity index (χ1) is 12.9. The normalized spacial score (nSPS) is 11.6. The number of hydrogen-bond donors (Lipinski definition) is 2. The average Bonchev–Trinajstić information content (AvgIpc) is 3.12. The third kappa shape index (κ3) is 5.87. The van der Waals surface area contributed by atoms with Gasteiger partial charge in [0, 0.05) is 39.1 Å². The van der Waals surface area contributed by atoms with Gasteiger partial charge in [0.05, 0.1) is 0 Å². The molecule has 1 atom stereocenters. The second-order valence-electron chi connectivity index (χ2n) is 5.81. The zero-order valence-electron chi connectivity index (χ0n) is 15.1. The van der Waals surface area contributed by atoms with Crippen LogP contribution in [-0.4, -0.2) is 62.0 Å². The molecular weight excluding hydrogens is 354 g/mol. The van der Waals surface area contributed by atoms with Crippen molar-refractivity contribution in [2.75, 3.05) is 13.1 Å². The van der Waals surface area contributed by atoms with E-state index in [9.17, 15) is 19.5 Å². The molecule has 0 aliphatic rings. The summed E-state index contributed by atoms with van der Waals surface area (Å²) in [5.74, 6) is -1.18. The van der Waals surface area contributed by atoms with Crippen molar-refractivity contribution in [3.8, 4) is 11.5 Å². The number of nitrogens with zero attached hydrogens (tertiary/aromatic N) is 4. The van der Waals surface area contributed by atoms with Gasteiger partial charge >= 0.3 is 5.97 Å². The smallest absolute Gasteiger partial charge is 0.326 e. The van der Waals surface area contributed by atoms with E-state index in [1.54, 1.807) is 24.4 Å². The summed E-state index contributed by atoms with van der Waals surface area (Å²) < 4.78 is 5.12. The summed E-state index contributed by atoms with van der Waals surface area (Å²) in [7, 11) is 0. The Balaban J connectivity index is 1.97. The number of amides is 2. The van der Waals surface area contributed by atoms with Crippen LogP contribution in [0, 0.1) is 0 Å². The van der Waals surface area contributed by atoms with E-state index >= 15 is 0 Å². The van der Waals surface area contributed by atoms with Crippen molar-refractivity contribution in [2.45, 2.75) is 32.7 Å². The molecule has 27 heavy (non-hydrogen) atoms. The fourth-order valence-corrected chi connectivity index (χ4v) is 2.33. The fourth-order valence-electron chi connectivity index (χ4n) is 2.33. The Bertz CT molecular complexity index is 792. The highest BCUT2D eigenvalue weighted by Crippen LogP contribution is 2.13. The molecule has 0 aromatic carbocycles. The lowest BCUT2D eigenvalue weighted by atomic mass is 10.2. The number of aromatic nitrogens is 3. The molecule has 10 heteroatoms. The van der Waals surface area contributed by atoms with Crippen LogP contribution in [0.5, 0.6) is 0 Å². The number of rotatable bonds is 9. The maximum atomic E-state index is 12.5. The Morgan fingerprint density at radius 2 is 2.11 bits per heavy atom. The van der Waals surface area contributed by atoms with Gasteiger partial charge in [-0.05, 0) is 19.1 Å². The number of nitrogens with one attached hydrogen (secondary N) is 1. The molecule has 2 aromatic heterocycles. The van der Waals surface area contributed by atoms with Crippen LogP contribution >= 0.6 is 0 Å². The maximum Gasteiger partial charge on any atom is 0.326 e. The van der Waals surface area contributed by atoms with E-state index in [0.717, 1.165) is 0 Å². The molecule has 10 nitrogen and oxygen atoms in total. The molecule has 0 saturated carbocycles. The van der Waals surface area contributed by atoms with E-state index in [1.165, 1.54) is 18.7 Å². The minimum atomic E-state index is -1.12. The van der Waals surface area contributed by atoms with Gasteiger partial charge in [0.1, 0.15) is 11.7 Å². The van der Waals surface area contributed by atoms with Crippen molar-refractivity contribution < 1.29 is 24.0 Å². The van der Waals surface area contributed by atoms with Crippen molar-refractivity contribution in [2.24, 2.45) is 0 Å². The largest absolute Gasteiger partial charge is 0.480 e. The number of carbonyl (C=O) groups excluding carboxylic acids is 2. The van der Waals surface area contributed by atoms with E-state index in [0.29, 0.717) is 11.5 Å². The molecule has 0 bridgehead atoms. The third-order valence-electron chi connectivity index (χ3n) is 3.79. The Hall–Kier alpha value is -3.30. The number of carboxylic acid groups (broad SMARTS) is 1. The summed E-state index contributed by atoms with van der Waals surface area (Å²) in [4.78, 5) is 44.2. The molecule has 0 saturated heterocycles. The maximum absolute atomic E-state index is 12.5. The van der Waals surface area contributed by atoms with Crippen LogP contribution in [0.2, 0.25) is 0 Å². The SMILES string of the molecule is CC(=O)NCCN(C(=O)CCc1nc(-c2ccccn2)no1)C(C)C(=O)O. The Morgan fingerprint density at radius 1 is 1.33 bits per heavy atom. The number of hydrogen-bond acceptors (Lipinski definition) is 7. The minimum absolute atomic E-state index is 0.00153. The van der Waals surface area contributed by atoms with Crippen LogP contribution in [0.15, 0.2) is 28.9 Å². The van der Waals surface area contributed by atoms with E-state index in [2.05, 4.69) is 20.4 Å². The van der Waals surface area contributed by atoms with Gasteiger partial charge in [-0.15, -0.1) is 0 Å². The molecule has 2 N–H and O–H groups in total. The molecule has 0 fully saturated rings. The number of aryl methyl sites for hydroxylation is 1. The van der Waals surface area contributed by atoms with E-state index in [1.807, 2.05) is 0 Å². The molecule has 1 unspecified atom stereocenters. The molecule has 2 rings (SSSR count). The summed E-state index contributed by atoms with van der Waals surface area (Å²) in [6.07, 6.45) is 1.78. The quantitative estimate of drug-likeness (QED) is 0.646. The second-order valence-corrected chi connectivity index (χ2v) is 5.81. The van der Waals surface area contributed by atoms with Gasteiger partial charge in [0.2, 0.25) is 23.5 Å². The lowest BCUT2D eigenvalue weighted by Crippen LogP contribution is -2.46. The first-order valence-corrected chi connectivity index (χ1v) is 8.39. The number of pyridine rings is 1. The number of aliphatic carboxylic acids is 1. The second kappa shape index (κ2) is 9.41. The molecule has 144 valence electrons. The van der Waals surface area contributed by atoms with Crippen LogP contribution in [0.25, 0.3) is 11.5 Å². The Kier molecular flexibility index (Phi) is 6.98. The van der Waals surface area contributed by atoms with Crippen LogP contribution < -0.4 is 5.32 Å². The summed E-state index contributed by atoms with van der Waals surface area (Å²) in [5, 5.41) is 15.6. The van der Waals surface area contributed by atoms with E-state index in [-0.39, 0.29) is 43.6 Å². The van der Waals surface area contributed by atoms with Crippen molar-refractivity contribution in [3.63, 3.8) is 0 Å². The lowest BCUT2D eigenvalue weighted by molar-refractivity contribution is -0.149. The van der Waals surface area contributed by atoms with Gasteiger partial charge in [-0.25, -0.2) is 4.79 Å². The summed E-state index contributed by atoms with van der Waals surface area (Å²) in [6, 6.07) is 4.28. The predicted molar refractivity (Wildman–Crippen MR) is 93.3 cm³/mol. The molecule has 2 aromatic rings. The Morgan fingerprint density at radius 3 is 2.74 bits per heavy atom. The molecule has 0 aliphatic heterocycles. The topological polar surface area (TPSA) is 139 Å². The van der Waals surface area contributed by atoms with Gasteiger partial charge in [-0.2, -0.15) is 4.98 Å². The van der Waals surface area contributed by atoms with E-state index in [4.69, 9.17) is 4.52 Å². The van der Waals surface area contributed by atoms with Crippen molar-refractivity contribution in [1.29, 1.82) is 0 Å². The highest BCUT2D eigenvalue weighted by molar-refractivity contribution is 5.83. The summed E-state index contributed by atoms with van der Waals surface area (Å²) >= 11 is 0. The van der Waals surface area contributed by atoms with Crippen molar-refractivity contribution in [1.82, 2.24) is 25.3 Å². The zero-order valence-corrected chi connectivity index (χ0v) is 15.1. The number of carbonyl (C=O) groups is 3. The monoisotopic (exact) mass is 375 g/mol. The first kappa shape index (κ1) is 20.0. The molecule has 0 radical (unpaired) electrons.